The van der Waals surface area contributed by atoms with E-state index in [1.165, 1.54) is 19.0 Å². The second kappa shape index (κ2) is 4.31. The van der Waals surface area contributed by atoms with E-state index in [1.807, 2.05) is 0 Å². The summed E-state index contributed by atoms with van der Waals surface area (Å²) >= 11 is 8.69. The van der Waals surface area contributed by atoms with Crippen molar-refractivity contribution in [2.24, 2.45) is 0 Å². The van der Waals surface area contributed by atoms with Gasteiger partial charge in [0, 0.05) is 5.02 Å². The number of anilines is 1. The lowest BCUT2D eigenvalue weighted by molar-refractivity contribution is 0.583. The van der Waals surface area contributed by atoms with Gasteiger partial charge in [-0.1, -0.05) is 11.6 Å². The lowest BCUT2D eigenvalue weighted by atomic mass is 9.88. The van der Waals surface area contributed by atoms with Crippen LogP contribution in [0.4, 0.5) is 10.1 Å². The highest BCUT2D eigenvalue weighted by Crippen LogP contribution is 2.27. The van der Waals surface area contributed by atoms with Crippen LogP contribution in [-0.2, 0) is 0 Å². The van der Waals surface area contributed by atoms with E-state index in [0.717, 1.165) is 0 Å². The van der Waals surface area contributed by atoms with Gasteiger partial charge in [0.2, 0.25) is 0 Å². The lowest BCUT2D eigenvalue weighted by Crippen LogP contribution is -2.20. The van der Waals surface area contributed by atoms with Crippen LogP contribution in [0.25, 0.3) is 0 Å². The minimum Gasteiger partial charge on any atom is -0.433 e. The molecular formula is C7H7BBrClFNO. The van der Waals surface area contributed by atoms with Crippen LogP contribution in [0.2, 0.25) is 11.8 Å². The molecule has 0 spiro atoms. The van der Waals surface area contributed by atoms with Gasteiger partial charge in [-0.3, -0.25) is 0 Å². The number of halogens is 3. The summed E-state index contributed by atoms with van der Waals surface area (Å²) in [4.78, 5) is 0. The van der Waals surface area contributed by atoms with Gasteiger partial charge in [-0.25, -0.2) is 4.39 Å². The molecule has 0 unspecified atom stereocenters. The Morgan fingerprint density at radius 2 is 2.23 bits per heavy atom. The molecule has 0 saturated heterocycles. The normalized spacial score (nSPS) is 9.92. The predicted molar refractivity (Wildman–Crippen MR) is 56.6 cm³/mol. The van der Waals surface area contributed by atoms with Crippen molar-refractivity contribution in [2.75, 3.05) is 5.23 Å². The van der Waals surface area contributed by atoms with Crippen molar-refractivity contribution >= 4 is 40.3 Å². The molecule has 0 atom stereocenters. The Labute approximate surface area is 89.4 Å². The van der Waals surface area contributed by atoms with E-state index >= 15 is 0 Å². The van der Waals surface area contributed by atoms with E-state index in [4.69, 9.17) is 16.6 Å². The largest absolute Gasteiger partial charge is 0.433 e. The summed E-state index contributed by atoms with van der Waals surface area (Å²) in [6, 6.07) is 2.86. The molecular weight excluding hydrogens is 259 g/mol. The van der Waals surface area contributed by atoms with Crippen molar-refractivity contribution < 1.29 is 9.41 Å². The van der Waals surface area contributed by atoms with E-state index in [2.05, 4.69) is 21.2 Å². The summed E-state index contributed by atoms with van der Waals surface area (Å²) in [5.41, 5.74) is 0.175. The predicted octanol–water partition coefficient (Wildman–Crippen LogP) is 2.76. The molecule has 0 radical (unpaired) electrons. The molecule has 0 aliphatic heterocycles. The van der Waals surface area contributed by atoms with Crippen LogP contribution in [0.1, 0.15) is 0 Å². The molecule has 2 nitrogen and oxygen atoms in total. The molecule has 0 fully saturated rings. The van der Waals surface area contributed by atoms with Gasteiger partial charge in [0.15, 0.2) is 5.82 Å². The maximum atomic E-state index is 13.3. The molecule has 2 N–H and O–H groups in total. The molecule has 0 amide bonds. The summed E-state index contributed by atoms with van der Waals surface area (Å²) in [7, 11) is -0.820. The van der Waals surface area contributed by atoms with Gasteiger partial charge < -0.3 is 10.3 Å². The van der Waals surface area contributed by atoms with Gasteiger partial charge in [0.05, 0.1) is 10.2 Å². The quantitative estimate of drug-likeness (QED) is 0.637. The zero-order chi connectivity index (χ0) is 10.0. The molecule has 0 heterocycles. The van der Waals surface area contributed by atoms with E-state index in [-0.39, 0.29) is 10.2 Å². The first-order valence-corrected chi connectivity index (χ1v) is 4.77. The fourth-order valence-electron chi connectivity index (χ4n) is 0.886. The van der Waals surface area contributed by atoms with Gasteiger partial charge in [0.25, 0.3) is 0 Å². The highest BCUT2D eigenvalue weighted by molar-refractivity contribution is 9.10. The third-order valence-corrected chi connectivity index (χ3v) is 2.15. The molecule has 1 rings (SSSR count). The monoisotopic (exact) mass is 265 g/mol. The fraction of sp³-hybridized carbons (Fsp3) is 0.143. The highest BCUT2D eigenvalue weighted by atomic mass is 79.9. The third kappa shape index (κ3) is 2.86. The van der Waals surface area contributed by atoms with Crippen LogP contribution in [0.5, 0.6) is 0 Å². The van der Waals surface area contributed by atoms with Crippen LogP contribution in [0.3, 0.4) is 0 Å². The number of hydrogen-bond acceptors (Lipinski definition) is 2. The van der Waals surface area contributed by atoms with Gasteiger partial charge in [-0.2, -0.15) is 0 Å². The Balaban J connectivity index is 3.05. The second-order valence-electron chi connectivity index (χ2n) is 2.57. The van der Waals surface area contributed by atoms with Crippen molar-refractivity contribution in [3.63, 3.8) is 0 Å². The van der Waals surface area contributed by atoms with Crippen LogP contribution in [0, 0.1) is 5.82 Å². The Morgan fingerprint density at radius 1 is 1.62 bits per heavy atom. The number of benzene rings is 1. The first kappa shape index (κ1) is 10.8. The summed E-state index contributed by atoms with van der Waals surface area (Å²) in [6.45, 7) is 1.49. The summed E-state index contributed by atoms with van der Waals surface area (Å²) in [6.07, 6.45) is 0. The summed E-state index contributed by atoms with van der Waals surface area (Å²) in [5, 5.41) is 11.9. The van der Waals surface area contributed by atoms with Crippen molar-refractivity contribution in [3.05, 3.63) is 27.4 Å². The number of hydrogen-bond donors (Lipinski definition) is 2. The molecule has 1 aromatic rings. The average molecular weight is 266 g/mol. The summed E-state index contributed by atoms with van der Waals surface area (Å²) in [5.74, 6) is -0.467. The van der Waals surface area contributed by atoms with E-state index in [1.54, 1.807) is 0 Å². The Hall–Kier alpha value is -0.255. The van der Waals surface area contributed by atoms with Crippen LogP contribution < -0.4 is 5.23 Å². The average Bonchev–Trinajstić information content (AvgIpc) is 1.98. The van der Waals surface area contributed by atoms with Crippen LogP contribution in [-0.4, -0.2) is 12.1 Å². The molecule has 0 aromatic heterocycles. The van der Waals surface area contributed by atoms with Crippen molar-refractivity contribution in [1.82, 2.24) is 0 Å². The van der Waals surface area contributed by atoms with Crippen LogP contribution >= 0.6 is 27.5 Å². The van der Waals surface area contributed by atoms with E-state index in [9.17, 15) is 4.39 Å². The molecule has 0 bridgehead atoms. The fourth-order valence-corrected chi connectivity index (χ4v) is 1.70. The molecule has 6 heteroatoms. The first-order valence-electron chi connectivity index (χ1n) is 3.60. The molecule has 0 saturated carbocycles. The Kier molecular flexibility index (Phi) is 3.59. The minimum absolute atomic E-state index is 0.175. The smallest absolute Gasteiger partial charge is 0.406 e. The molecule has 70 valence electrons. The topological polar surface area (TPSA) is 32.3 Å². The first-order chi connectivity index (χ1) is 6.00. The zero-order valence-electron chi connectivity index (χ0n) is 6.81. The minimum atomic E-state index is -0.820. The van der Waals surface area contributed by atoms with Gasteiger partial charge in [-0.05, 0) is 34.9 Å². The van der Waals surface area contributed by atoms with Crippen molar-refractivity contribution in [3.8, 4) is 0 Å². The SMILES string of the molecule is CB(O)Nc1cc(Cl)cc(Br)c1F. The Bertz CT molecular complexity index is 324. The molecule has 0 aliphatic carbocycles. The standard InChI is InChI=1S/C7H7BBrClFNO/c1-8(13)12-6-3-4(10)2-5(9)7(6)11/h2-3,12-13H,1H3. The molecule has 0 aliphatic rings. The molecule has 1 aromatic carbocycles. The van der Waals surface area contributed by atoms with Gasteiger partial charge >= 0.3 is 7.05 Å². The summed E-state index contributed by atoms with van der Waals surface area (Å²) < 4.78 is 13.5. The van der Waals surface area contributed by atoms with E-state index < -0.39 is 12.9 Å². The van der Waals surface area contributed by atoms with Gasteiger partial charge in [0.1, 0.15) is 0 Å². The second-order valence-corrected chi connectivity index (χ2v) is 3.86. The maximum absolute atomic E-state index is 13.3. The van der Waals surface area contributed by atoms with Crippen molar-refractivity contribution in [1.29, 1.82) is 0 Å². The number of nitrogens with one attached hydrogen (secondary N) is 1. The third-order valence-electron chi connectivity index (χ3n) is 1.36. The lowest BCUT2D eigenvalue weighted by Gasteiger charge is -2.08. The molecule has 13 heavy (non-hydrogen) atoms. The zero-order valence-corrected chi connectivity index (χ0v) is 9.16. The van der Waals surface area contributed by atoms with Crippen molar-refractivity contribution in [2.45, 2.75) is 6.82 Å². The van der Waals surface area contributed by atoms with Gasteiger partial charge in [-0.15, -0.1) is 0 Å². The number of rotatable bonds is 2. The van der Waals surface area contributed by atoms with E-state index in [0.29, 0.717) is 5.02 Å². The van der Waals surface area contributed by atoms with Crippen LogP contribution in [0.15, 0.2) is 16.6 Å². The highest BCUT2D eigenvalue weighted by Gasteiger charge is 2.11. The Morgan fingerprint density at radius 3 is 2.77 bits per heavy atom. The maximum Gasteiger partial charge on any atom is 0.406 e.